The van der Waals surface area contributed by atoms with Crippen molar-refractivity contribution in [2.75, 3.05) is 0 Å². The van der Waals surface area contributed by atoms with Crippen LogP contribution < -0.4 is 0 Å². The third kappa shape index (κ3) is 2.40. The Hall–Kier alpha value is -1.65. The molecule has 0 saturated carbocycles. The number of benzene rings is 3. The molecule has 0 aliphatic heterocycles. The second-order valence-electron chi connectivity index (χ2n) is 7.12. The fourth-order valence-corrected chi connectivity index (χ4v) is 8.73. The van der Waals surface area contributed by atoms with E-state index in [-0.39, 0.29) is 3.80 Å². The molecule has 0 fully saturated rings. The first-order chi connectivity index (χ1) is 11.4. The molecule has 0 aromatic heterocycles. The van der Waals surface area contributed by atoms with Crippen LogP contribution in [-0.4, -0.2) is 0 Å². The van der Waals surface area contributed by atoms with Crippen molar-refractivity contribution in [2.24, 2.45) is 0 Å². The zero-order valence-electron chi connectivity index (χ0n) is 14.7. The summed E-state index contributed by atoms with van der Waals surface area (Å²) in [4.78, 5) is 0. The van der Waals surface area contributed by atoms with E-state index in [4.69, 9.17) is 0 Å². The molecule has 0 nitrogen and oxygen atoms in total. The van der Waals surface area contributed by atoms with E-state index in [1.165, 1.54) is 32.7 Å². The Morgan fingerprint density at radius 2 is 1.38 bits per heavy atom. The molecule has 126 valence electrons. The summed E-state index contributed by atoms with van der Waals surface area (Å²) in [7, 11) is 0. The SMILES string of the molecule is CC1=C[C](c2ccc3cc4ccccc4cc3c2)([Pt]([CH3])([CH3])[CH3])C=C1. The minimum atomic E-state index is -1.94. The van der Waals surface area contributed by atoms with Gasteiger partial charge in [-0.2, -0.15) is 0 Å². The van der Waals surface area contributed by atoms with Gasteiger partial charge in [-0.25, -0.2) is 0 Å². The molecule has 24 heavy (non-hydrogen) atoms. The Kier molecular flexibility index (Phi) is 3.59. The van der Waals surface area contributed by atoms with Gasteiger partial charge in [-0.05, 0) is 0 Å². The molecule has 3 aromatic carbocycles. The maximum atomic E-state index is 2.51. The number of allylic oxidation sites excluding steroid dienone is 4. The molecular formula is C23H24Pt. The predicted octanol–water partition coefficient (Wildman–Crippen LogP) is 7.00. The molecule has 0 amide bonds. The van der Waals surface area contributed by atoms with E-state index in [1.54, 1.807) is 0 Å². The van der Waals surface area contributed by atoms with Gasteiger partial charge in [0.25, 0.3) is 0 Å². The van der Waals surface area contributed by atoms with E-state index >= 15 is 0 Å². The van der Waals surface area contributed by atoms with Crippen LogP contribution in [0.3, 0.4) is 0 Å². The molecule has 1 heteroatoms. The normalized spacial score (nSPS) is 21.4. The first kappa shape index (κ1) is 15.9. The van der Waals surface area contributed by atoms with Crippen LogP contribution in [0.25, 0.3) is 21.5 Å². The Bertz CT molecular complexity index is 1000. The van der Waals surface area contributed by atoms with E-state index in [1.807, 2.05) is 0 Å². The van der Waals surface area contributed by atoms with Gasteiger partial charge in [-0.15, -0.1) is 0 Å². The monoisotopic (exact) mass is 495 g/mol. The summed E-state index contributed by atoms with van der Waals surface area (Å²) in [6, 6.07) is 20.4. The van der Waals surface area contributed by atoms with Crippen LogP contribution in [0.15, 0.2) is 78.4 Å². The fourth-order valence-electron chi connectivity index (χ4n) is 3.58. The van der Waals surface area contributed by atoms with Crippen LogP contribution in [0.1, 0.15) is 12.5 Å². The van der Waals surface area contributed by atoms with Crippen molar-refractivity contribution in [2.45, 2.75) is 26.7 Å². The van der Waals surface area contributed by atoms with Gasteiger partial charge in [-0.3, -0.25) is 0 Å². The first-order valence-corrected chi connectivity index (χ1v) is 16.0. The van der Waals surface area contributed by atoms with Crippen LogP contribution in [0.2, 0.25) is 15.9 Å². The van der Waals surface area contributed by atoms with Crippen LogP contribution in [0.4, 0.5) is 0 Å². The molecule has 0 saturated heterocycles. The van der Waals surface area contributed by atoms with Crippen LogP contribution >= 0.6 is 0 Å². The van der Waals surface area contributed by atoms with Gasteiger partial charge in [0, 0.05) is 0 Å². The topological polar surface area (TPSA) is 0 Å². The molecule has 0 spiro atoms. The van der Waals surface area contributed by atoms with E-state index in [2.05, 4.69) is 95.7 Å². The molecule has 0 heterocycles. The van der Waals surface area contributed by atoms with Gasteiger partial charge in [0.05, 0.1) is 0 Å². The Morgan fingerprint density at radius 3 is 1.96 bits per heavy atom. The van der Waals surface area contributed by atoms with Gasteiger partial charge >= 0.3 is 148 Å². The predicted molar refractivity (Wildman–Crippen MR) is 104 cm³/mol. The van der Waals surface area contributed by atoms with Gasteiger partial charge in [0.15, 0.2) is 0 Å². The average molecular weight is 496 g/mol. The molecule has 1 atom stereocenters. The van der Waals surface area contributed by atoms with Gasteiger partial charge in [0.2, 0.25) is 0 Å². The van der Waals surface area contributed by atoms with Gasteiger partial charge < -0.3 is 0 Å². The molecule has 1 unspecified atom stereocenters. The zero-order chi connectivity index (χ0) is 16.9. The summed E-state index contributed by atoms with van der Waals surface area (Å²) in [5.74, 6) is 0. The number of hydrogen-bond acceptors (Lipinski definition) is 0. The summed E-state index contributed by atoms with van der Waals surface area (Å²) in [6.07, 6.45) is 7.27. The summed E-state index contributed by atoms with van der Waals surface area (Å²) in [6.45, 7) is 2.22. The Morgan fingerprint density at radius 1 is 0.750 bits per heavy atom. The number of rotatable bonds is 2. The third-order valence-electron chi connectivity index (χ3n) is 4.92. The third-order valence-corrected chi connectivity index (χ3v) is 11.9. The van der Waals surface area contributed by atoms with Crippen LogP contribution in [0, 0.1) is 0 Å². The number of fused-ring (bicyclic) bond motifs is 2. The molecular weight excluding hydrogens is 471 g/mol. The maximum absolute atomic E-state index is 2.51. The summed E-state index contributed by atoms with van der Waals surface area (Å²) in [5.41, 5.74) is 2.86. The molecule has 0 bridgehead atoms. The second-order valence-corrected chi connectivity index (χ2v) is 19.2. The van der Waals surface area contributed by atoms with E-state index in [0.717, 1.165) is 0 Å². The van der Waals surface area contributed by atoms with Gasteiger partial charge in [0.1, 0.15) is 0 Å². The minimum absolute atomic E-state index is 0.150. The second kappa shape index (κ2) is 5.43. The van der Waals surface area contributed by atoms with Crippen molar-refractivity contribution in [3.8, 4) is 0 Å². The van der Waals surface area contributed by atoms with E-state index in [0.29, 0.717) is 0 Å². The molecule has 1 aliphatic carbocycles. The molecule has 0 N–H and O–H groups in total. The van der Waals surface area contributed by atoms with Crippen LogP contribution in [-0.2, 0) is 19.9 Å². The molecule has 1 aliphatic rings. The van der Waals surface area contributed by atoms with Crippen molar-refractivity contribution in [3.63, 3.8) is 0 Å². The van der Waals surface area contributed by atoms with E-state index < -0.39 is 16.1 Å². The van der Waals surface area contributed by atoms with Crippen molar-refractivity contribution in [3.05, 3.63) is 84.0 Å². The molecule has 0 radical (unpaired) electrons. The zero-order valence-corrected chi connectivity index (χ0v) is 17.0. The summed E-state index contributed by atoms with van der Waals surface area (Å²) in [5, 5.41) is 12.8. The van der Waals surface area contributed by atoms with E-state index in [9.17, 15) is 0 Å². The summed E-state index contributed by atoms with van der Waals surface area (Å²) >= 11 is -1.94. The first-order valence-electron chi connectivity index (χ1n) is 8.06. The Balaban J connectivity index is 1.97. The molecule has 4 rings (SSSR count). The quantitative estimate of drug-likeness (QED) is 0.336. The van der Waals surface area contributed by atoms with Crippen molar-refractivity contribution >= 4 is 21.5 Å². The number of hydrogen-bond donors (Lipinski definition) is 0. The fraction of sp³-hybridized carbons (Fsp3) is 0.217. The molecule has 3 aromatic rings. The summed E-state index contributed by atoms with van der Waals surface area (Å²) < 4.78 is 0.150. The van der Waals surface area contributed by atoms with Crippen molar-refractivity contribution in [1.82, 2.24) is 0 Å². The standard InChI is InChI=1S/C20H15.3CH3.Pt/c1-14-6-7-17(10-14)18-8-9-19-11-15-4-2-3-5-16(15)12-20(19)13-18;;;;/h2-13H,1H3;3*1H3;. The van der Waals surface area contributed by atoms with Gasteiger partial charge in [-0.1, -0.05) is 0 Å². The van der Waals surface area contributed by atoms with Crippen molar-refractivity contribution in [1.29, 1.82) is 0 Å². The Labute approximate surface area is 148 Å². The average Bonchev–Trinajstić information content (AvgIpc) is 2.95. The van der Waals surface area contributed by atoms with Crippen molar-refractivity contribution < 1.29 is 16.1 Å². The van der Waals surface area contributed by atoms with Crippen LogP contribution in [0.5, 0.6) is 0 Å².